The summed E-state index contributed by atoms with van der Waals surface area (Å²) in [6, 6.07) is 10.7. The molecule has 1 aromatic heterocycles. The average Bonchev–Trinajstić information content (AvgIpc) is 2.87. The van der Waals surface area contributed by atoms with Gasteiger partial charge < -0.3 is 10.2 Å². The molecule has 0 radical (unpaired) electrons. The standard InChI is InChI=1S/C30H34ClFN4O2/c1-3-10-35(29(38)34-30-15-19-11-20(16-30)13-21(12-19)17-30)18(2)27-33-26-7-5-4-6-23(26)28(37)36(27)22-8-9-25(32)24(31)14-22/h4-9,14,18-21H,3,10-13,15-17H2,1-2H3,(H,34,38). The van der Waals surface area contributed by atoms with Gasteiger partial charge in [0.1, 0.15) is 11.6 Å². The van der Waals surface area contributed by atoms with Crippen LogP contribution in [0, 0.1) is 23.6 Å². The fourth-order valence-electron chi connectivity index (χ4n) is 7.72. The predicted octanol–water partition coefficient (Wildman–Crippen LogP) is 6.63. The zero-order valence-electron chi connectivity index (χ0n) is 21.9. The molecule has 1 heterocycles. The maximum absolute atomic E-state index is 14.0. The Balaban J connectivity index is 1.40. The van der Waals surface area contributed by atoms with Crippen LogP contribution in [0.15, 0.2) is 47.3 Å². The second-order valence-electron chi connectivity index (χ2n) is 11.7. The number of hydrogen-bond donors (Lipinski definition) is 1. The van der Waals surface area contributed by atoms with Gasteiger partial charge >= 0.3 is 6.03 Å². The number of benzene rings is 2. The number of aromatic nitrogens is 2. The highest BCUT2D eigenvalue weighted by Crippen LogP contribution is 2.55. The van der Waals surface area contributed by atoms with Gasteiger partial charge in [0.2, 0.25) is 0 Å². The Hall–Kier alpha value is -2.93. The number of urea groups is 1. The average molecular weight is 537 g/mol. The SMILES string of the molecule is CCCN(C(=O)NC12CC3CC(CC(C3)C1)C2)C(C)c1nc2ccccc2c(=O)n1-c1ccc(F)c(Cl)c1. The van der Waals surface area contributed by atoms with Crippen molar-refractivity contribution in [3.05, 3.63) is 69.5 Å². The lowest BCUT2D eigenvalue weighted by molar-refractivity contribution is -0.0164. The number of nitrogens with one attached hydrogen (secondary N) is 1. The summed E-state index contributed by atoms with van der Waals surface area (Å²) in [5, 5.41) is 3.86. The lowest BCUT2D eigenvalue weighted by Gasteiger charge is -2.57. The van der Waals surface area contributed by atoms with E-state index in [4.69, 9.17) is 16.6 Å². The predicted molar refractivity (Wildman–Crippen MR) is 147 cm³/mol. The summed E-state index contributed by atoms with van der Waals surface area (Å²) in [5.41, 5.74) is 0.567. The van der Waals surface area contributed by atoms with Crippen molar-refractivity contribution >= 4 is 28.5 Å². The molecule has 1 N–H and O–H groups in total. The fourth-order valence-corrected chi connectivity index (χ4v) is 7.89. The number of fused-ring (bicyclic) bond motifs is 1. The van der Waals surface area contributed by atoms with Gasteiger partial charge in [-0.15, -0.1) is 0 Å². The van der Waals surface area contributed by atoms with Crippen molar-refractivity contribution in [2.24, 2.45) is 17.8 Å². The summed E-state index contributed by atoms with van der Waals surface area (Å²) in [7, 11) is 0. The van der Waals surface area contributed by atoms with Crippen LogP contribution >= 0.6 is 11.6 Å². The highest BCUT2D eigenvalue weighted by Gasteiger charge is 2.52. The Morgan fingerprint density at radius 3 is 2.45 bits per heavy atom. The van der Waals surface area contributed by atoms with Crippen molar-refractivity contribution < 1.29 is 9.18 Å². The monoisotopic (exact) mass is 536 g/mol. The molecule has 4 bridgehead atoms. The molecule has 4 fully saturated rings. The molecular weight excluding hydrogens is 503 g/mol. The maximum atomic E-state index is 14.0. The van der Waals surface area contributed by atoms with Gasteiger partial charge in [0.25, 0.3) is 5.56 Å². The molecule has 0 spiro atoms. The number of halogens is 2. The quantitative estimate of drug-likeness (QED) is 0.384. The molecule has 8 heteroatoms. The van der Waals surface area contributed by atoms with Crippen LogP contribution in [0.3, 0.4) is 0 Å². The Kier molecular flexibility index (Phi) is 6.45. The molecule has 4 aliphatic carbocycles. The molecular formula is C30H34ClFN4O2. The summed E-state index contributed by atoms with van der Waals surface area (Å²) in [6.45, 7) is 4.47. The normalized spacial score (nSPS) is 26.5. The summed E-state index contributed by atoms with van der Waals surface area (Å²) < 4.78 is 15.5. The number of para-hydroxylation sites is 1. The van der Waals surface area contributed by atoms with Gasteiger partial charge in [-0.05, 0) is 100.0 Å². The van der Waals surface area contributed by atoms with E-state index in [1.807, 2.05) is 19.9 Å². The zero-order chi connectivity index (χ0) is 26.6. The van der Waals surface area contributed by atoms with Crippen molar-refractivity contribution in [1.82, 2.24) is 19.8 Å². The van der Waals surface area contributed by atoms with Gasteiger partial charge in [0.15, 0.2) is 0 Å². The van der Waals surface area contributed by atoms with Gasteiger partial charge in [-0.25, -0.2) is 14.2 Å². The number of carbonyl (C=O) groups is 1. The minimum atomic E-state index is -0.561. The summed E-state index contributed by atoms with van der Waals surface area (Å²) in [6.07, 6.45) is 7.86. The van der Waals surface area contributed by atoms with E-state index in [0.29, 0.717) is 46.7 Å². The lowest BCUT2D eigenvalue weighted by atomic mass is 9.53. The van der Waals surface area contributed by atoms with Crippen molar-refractivity contribution in [1.29, 1.82) is 0 Å². The van der Waals surface area contributed by atoms with Crippen LogP contribution < -0.4 is 10.9 Å². The van der Waals surface area contributed by atoms with E-state index in [-0.39, 0.29) is 22.2 Å². The van der Waals surface area contributed by atoms with Crippen LogP contribution in [-0.2, 0) is 0 Å². The molecule has 7 rings (SSSR count). The van der Waals surface area contributed by atoms with E-state index < -0.39 is 11.9 Å². The smallest absolute Gasteiger partial charge is 0.318 e. The van der Waals surface area contributed by atoms with Gasteiger partial charge in [0, 0.05) is 12.1 Å². The molecule has 4 aliphatic rings. The molecule has 3 aromatic rings. The summed E-state index contributed by atoms with van der Waals surface area (Å²) in [4.78, 5) is 34.4. The molecule has 6 nitrogen and oxygen atoms in total. The van der Waals surface area contributed by atoms with Crippen LogP contribution in [0.1, 0.15) is 70.7 Å². The molecule has 1 unspecified atom stereocenters. The second-order valence-corrected chi connectivity index (χ2v) is 12.1. The Morgan fingerprint density at radius 1 is 1.16 bits per heavy atom. The lowest BCUT2D eigenvalue weighted by Crippen LogP contribution is -2.62. The number of amides is 2. The number of carbonyl (C=O) groups excluding carboxylic acids is 1. The van der Waals surface area contributed by atoms with Gasteiger partial charge in [-0.3, -0.25) is 9.36 Å². The van der Waals surface area contributed by atoms with Crippen molar-refractivity contribution in [3.63, 3.8) is 0 Å². The van der Waals surface area contributed by atoms with E-state index >= 15 is 0 Å². The van der Waals surface area contributed by atoms with Crippen LogP contribution in [0.25, 0.3) is 16.6 Å². The highest BCUT2D eigenvalue weighted by molar-refractivity contribution is 6.30. The van der Waals surface area contributed by atoms with Gasteiger partial charge in [-0.2, -0.15) is 0 Å². The minimum absolute atomic E-state index is 0.0777. The van der Waals surface area contributed by atoms with Gasteiger partial charge in [0.05, 0.1) is 27.7 Å². The molecule has 2 aromatic carbocycles. The first-order valence-electron chi connectivity index (χ1n) is 13.8. The van der Waals surface area contributed by atoms with Crippen molar-refractivity contribution in [3.8, 4) is 5.69 Å². The summed E-state index contributed by atoms with van der Waals surface area (Å²) >= 11 is 6.12. The highest BCUT2D eigenvalue weighted by atomic mass is 35.5. The molecule has 38 heavy (non-hydrogen) atoms. The zero-order valence-corrected chi connectivity index (χ0v) is 22.7. The van der Waals surface area contributed by atoms with E-state index in [1.165, 1.54) is 42.0 Å². The minimum Gasteiger partial charge on any atom is -0.333 e. The van der Waals surface area contributed by atoms with E-state index in [9.17, 15) is 14.0 Å². The van der Waals surface area contributed by atoms with Crippen LogP contribution in [0.4, 0.5) is 9.18 Å². The Labute approximate surface area is 227 Å². The molecule has 0 saturated heterocycles. The molecule has 2 amide bonds. The van der Waals surface area contributed by atoms with Crippen LogP contribution in [0.2, 0.25) is 5.02 Å². The van der Waals surface area contributed by atoms with Crippen LogP contribution in [0.5, 0.6) is 0 Å². The van der Waals surface area contributed by atoms with E-state index in [1.54, 1.807) is 23.1 Å². The molecule has 200 valence electrons. The number of nitrogens with zero attached hydrogens (tertiary/aromatic N) is 3. The first-order chi connectivity index (χ1) is 18.3. The Bertz CT molecular complexity index is 1420. The van der Waals surface area contributed by atoms with E-state index in [0.717, 1.165) is 25.7 Å². The van der Waals surface area contributed by atoms with Crippen molar-refractivity contribution in [2.45, 2.75) is 70.4 Å². The first kappa shape index (κ1) is 25.4. The summed E-state index contributed by atoms with van der Waals surface area (Å²) in [5.74, 6) is 2.01. The third-order valence-corrected chi connectivity index (χ3v) is 9.23. The second kappa shape index (κ2) is 9.67. The van der Waals surface area contributed by atoms with Gasteiger partial charge in [-0.1, -0.05) is 30.7 Å². The topological polar surface area (TPSA) is 67.2 Å². The number of hydrogen-bond acceptors (Lipinski definition) is 3. The van der Waals surface area contributed by atoms with Crippen LogP contribution in [-0.4, -0.2) is 32.6 Å². The Morgan fingerprint density at radius 2 is 1.82 bits per heavy atom. The molecule has 4 saturated carbocycles. The van der Waals surface area contributed by atoms with E-state index in [2.05, 4.69) is 5.32 Å². The molecule has 1 atom stereocenters. The third kappa shape index (κ3) is 4.39. The van der Waals surface area contributed by atoms with Crippen molar-refractivity contribution in [2.75, 3.05) is 6.54 Å². The fraction of sp³-hybridized carbons (Fsp3) is 0.500. The molecule has 0 aliphatic heterocycles. The first-order valence-corrected chi connectivity index (χ1v) is 14.2. The third-order valence-electron chi connectivity index (χ3n) is 8.94. The number of rotatable bonds is 6. The maximum Gasteiger partial charge on any atom is 0.318 e. The largest absolute Gasteiger partial charge is 0.333 e.